The zero-order chi connectivity index (χ0) is 17.0. The van der Waals surface area contributed by atoms with E-state index in [4.69, 9.17) is 16.3 Å². The van der Waals surface area contributed by atoms with E-state index >= 15 is 0 Å². The first kappa shape index (κ1) is 18.2. The average molecular weight is 350 g/mol. The van der Waals surface area contributed by atoms with Gasteiger partial charge < -0.3 is 9.64 Å². The van der Waals surface area contributed by atoms with E-state index in [-0.39, 0.29) is 5.41 Å². The molecule has 2 fully saturated rings. The fraction of sp³-hybridized carbons (Fsp3) is 0.714. The van der Waals surface area contributed by atoms with Gasteiger partial charge >= 0.3 is 0 Å². The Balaban J connectivity index is 1.45. The number of piperidine rings is 1. The highest BCUT2D eigenvalue weighted by molar-refractivity contribution is 6.30. The van der Waals surface area contributed by atoms with Gasteiger partial charge in [-0.15, -0.1) is 0 Å². The van der Waals surface area contributed by atoms with Crippen molar-refractivity contribution >= 4 is 11.6 Å². The van der Waals surface area contributed by atoms with E-state index in [9.17, 15) is 0 Å². The third kappa shape index (κ3) is 4.74. The van der Waals surface area contributed by atoms with Gasteiger partial charge in [-0.1, -0.05) is 37.6 Å². The van der Waals surface area contributed by atoms with Crippen LogP contribution in [-0.4, -0.2) is 37.7 Å². The van der Waals surface area contributed by atoms with Crippen molar-refractivity contribution < 1.29 is 4.74 Å². The predicted octanol–water partition coefficient (Wildman–Crippen LogP) is 5.15. The van der Waals surface area contributed by atoms with Gasteiger partial charge in [-0.25, -0.2) is 0 Å². The molecule has 0 amide bonds. The summed E-state index contributed by atoms with van der Waals surface area (Å²) in [6.45, 7) is 10.4. The molecule has 1 aromatic carbocycles. The van der Waals surface area contributed by atoms with Crippen molar-refractivity contribution in [3.05, 3.63) is 34.9 Å². The third-order valence-corrected chi connectivity index (χ3v) is 6.50. The fourth-order valence-corrected chi connectivity index (χ4v) is 4.44. The van der Waals surface area contributed by atoms with Crippen molar-refractivity contribution in [1.82, 2.24) is 4.90 Å². The minimum Gasteiger partial charge on any atom is -0.381 e. The van der Waals surface area contributed by atoms with Crippen LogP contribution in [0.2, 0.25) is 5.02 Å². The maximum atomic E-state index is 6.02. The quantitative estimate of drug-likeness (QED) is 0.729. The first-order valence-corrected chi connectivity index (χ1v) is 9.98. The molecule has 0 spiro atoms. The molecular formula is C21H32ClNO. The number of likely N-dealkylation sites (tertiary alicyclic amines) is 1. The van der Waals surface area contributed by atoms with Crippen LogP contribution in [0.3, 0.4) is 0 Å². The van der Waals surface area contributed by atoms with Crippen molar-refractivity contribution in [3.63, 3.8) is 0 Å². The minimum atomic E-state index is 0.210. The molecule has 0 unspecified atom stereocenters. The Morgan fingerprint density at radius 1 is 1.00 bits per heavy atom. The Morgan fingerprint density at radius 3 is 2.21 bits per heavy atom. The lowest BCUT2D eigenvalue weighted by molar-refractivity contribution is 0.0298. The number of nitrogens with zero attached hydrogens (tertiary/aromatic N) is 1. The highest BCUT2D eigenvalue weighted by Crippen LogP contribution is 2.33. The summed E-state index contributed by atoms with van der Waals surface area (Å²) in [4.78, 5) is 2.67. The van der Waals surface area contributed by atoms with Gasteiger partial charge in [-0.05, 0) is 86.7 Å². The molecule has 3 heteroatoms. The summed E-state index contributed by atoms with van der Waals surface area (Å²) in [6, 6.07) is 8.38. The number of benzene rings is 1. The lowest BCUT2D eigenvalue weighted by atomic mass is 9.79. The van der Waals surface area contributed by atoms with Crippen LogP contribution in [-0.2, 0) is 10.2 Å². The van der Waals surface area contributed by atoms with Gasteiger partial charge in [0, 0.05) is 18.2 Å². The number of ether oxygens (including phenoxy) is 1. The van der Waals surface area contributed by atoms with Crippen LogP contribution in [0.1, 0.15) is 51.5 Å². The summed E-state index contributed by atoms with van der Waals surface area (Å²) in [5.41, 5.74) is 1.60. The summed E-state index contributed by atoms with van der Waals surface area (Å²) in [5.74, 6) is 1.86. The maximum Gasteiger partial charge on any atom is 0.0468 e. The number of hydrogen-bond acceptors (Lipinski definition) is 2. The van der Waals surface area contributed by atoms with Crippen LogP contribution < -0.4 is 0 Å². The first-order chi connectivity index (χ1) is 11.5. The standard InChI is InChI=1S/C21H32ClNO/c1-21(2,19-3-5-20(22)6-4-19)11-14-23-12-7-17(8-13-23)18-9-15-24-16-10-18/h3-6,17-18H,7-16H2,1-2H3. The largest absolute Gasteiger partial charge is 0.381 e. The van der Waals surface area contributed by atoms with E-state index < -0.39 is 0 Å². The Morgan fingerprint density at radius 2 is 1.58 bits per heavy atom. The molecule has 0 radical (unpaired) electrons. The van der Waals surface area contributed by atoms with Gasteiger partial charge in [0.15, 0.2) is 0 Å². The summed E-state index contributed by atoms with van der Waals surface area (Å²) in [6.07, 6.45) is 6.54. The monoisotopic (exact) mass is 349 g/mol. The maximum absolute atomic E-state index is 6.02. The second-order valence-electron chi connectivity index (χ2n) is 8.27. The summed E-state index contributed by atoms with van der Waals surface area (Å²) < 4.78 is 5.52. The number of halogens is 1. The minimum absolute atomic E-state index is 0.210. The summed E-state index contributed by atoms with van der Waals surface area (Å²) in [7, 11) is 0. The second kappa shape index (κ2) is 8.21. The molecule has 2 heterocycles. The molecule has 0 aliphatic carbocycles. The highest BCUT2D eigenvalue weighted by atomic mass is 35.5. The molecule has 2 saturated heterocycles. The van der Waals surface area contributed by atoms with E-state index in [1.807, 2.05) is 12.1 Å². The summed E-state index contributed by atoms with van der Waals surface area (Å²) >= 11 is 6.02. The van der Waals surface area contributed by atoms with Gasteiger partial charge in [-0.3, -0.25) is 0 Å². The van der Waals surface area contributed by atoms with E-state index in [2.05, 4.69) is 30.9 Å². The van der Waals surface area contributed by atoms with Crippen LogP contribution in [0.4, 0.5) is 0 Å². The van der Waals surface area contributed by atoms with E-state index in [0.29, 0.717) is 0 Å². The molecule has 0 bridgehead atoms. The Labute approximate surface area is 152 Å². The molecule has 0 saturated carbocycles. The van der Waals surface area contributed by atoms with Crippen LogP contribution in [0.5, 0.6) is 0 Å². The van der Waals surface area contributed by atoms with Crippen molar-refractivity contribution in [3.8, 4) is 0 Å². The predicted molar refractivity (Wildman–Crippen MR) is 102 cm³/mol. The van der Waals surface area contributed by atoms with Gasteiger partial charge in [0.2, 0.25) is 0 Å². The Kier molecular flexibility index (Phi) is 6.23. The second-order valence-corrected chi connectivity index (χ2v) is 8.71. The average Bonchev–Trinajstić information content (AvgIpc) is 2.62. The van der Waals surface area contributed by atoms with Crippen molar-refractivity contribution in [2.75, 3.05) is 32.8 Å². The third-order valence-electron chi connectivity index (χ3n) is 6.24. The zero-order valence-electron chi connectivity index (χ0n) is 15.3. The molecule has 1 aromatic rings. The Bertz CT molecular complexity index is 499. The van der Waals surface area contributed by atoms with Gasteiger partial charge in [0.05, 0.1) is 0 Å². The van der Waals surface area contributed by atoms with Crippen molar-refractivity contribution in [2.45, 2.75) is 51.4 Å². The van der Waals surface area contributed by atoms with E-state index in [1.54, 1.807) is 0 Å². The van der Waals surface area contributed by atoms with Crippen LogP contribution >= 0.6 is 11.6 Å². The van der Waals surface area contributed by atoms with E-state index in [0.717, 1.165) is 30.1 Å². The molecule has 0 N–H and O–H groups in total. The van der Waals surface area contributed by atoms with Gasteiger partial charge in [-0.2, -0.15) is 0 Å². The molecule has 0 aromatic heterocycles. The van der Waals surface area contributed by atoms with E-state index in [1.165, 1.54) is 57.3 Å². The van der Waals surface area contributed by atoms with Crippen molar-refractivity contribution in [1.29, 1.82) is 0 Å². The van der Waals surface area contributed by atoms with Gasteiger partial charge in [0.1, 0.15) is 0 Å². The SMILES string of the molecule is CC(C)(CCN1CCC(C2CCOCC2)CC1)c1ccc(Cl)cc1. The van der Waals surface area contributed by atoms with Crippen LogP contribution in [0, 0.1) is 11.8 Å². The molecule has 2 aliphatic rings. The first-order valence-electron chi connectivity index (χ1n) is 9.61. The van der Waals surface area contributed by atoms with Gasteiger partial charge in [0.25, 0.3) is 0 Å². The lowest BCUT2D eigenvalue weighted by Crippen LogP contribution is -2.39. The molecule has 0 atom stereocenters. The van der Waals surface area contributed by atoms with Crippen LogP contribution in [0.15, 0.2) is 24.3 Å². The number of rotatable bonds is 5. The normalized spacial score (nSPS) is 22.0. The highest BCUT2D eigenvalue weighted by Gasteiger charge is 2.29. The lowest BCUT2D eigenvalue weighted by Gasteiger charge is -2.38. The molecule has 3 rings (SSSR count). The smallest absolute Gasteiger partial charge is 0.0468 e. The zero-order valence-corrected chi connectivity index (χ0v) is 16.0. The molecule has 134 valence electrons. The number of hydrogen-bond donors (Lipinski definition) is 0. The molecule has 2 aliphatic heterocycles. The fourth-order valence-electron chi connectivity index (χ4n) is 4.32. The summed E-state index contributed by atoms with van der Waals surface area (Å²) in [5, 5.41) is 0.824. The molecular weight excluding hydrogens is 318 g/mol. The van der Waals surface area contributed by atoms with Crippen molar-refractivity contribution in [2.24, 2.45) is 11.8 Å². The topological polar surface area (TPSA) is 12.5 Å². The Hall–Kier alpha value is -0.570. The molecule has 2 nitrogen and oxygen atoms in total. The molecule has 24 heavy (non-hydrogen) atoms. The van der Waals surface area contributed by atoms with Crippen LogP contribution in [0.25, 0.3) is 0 Å².